The Morgan fingerprint density at radius 2 is 0.400 bits per heavy atom. The largest absolute Gasteiger partial charge is 3.00 e. The Kier molecular flexibility index (Phi) is 72.8. The summed E-state index contributed by atoms with van der Waals surface area (Å²) in [6, 6.07) is 0. The minimum atomic E-state index is -4.01. The van der Waals surface area contributed by atoms with E-state index in [0.29, 0.717) is 0 Å². The van der Waals surface area contributed by atoms with E-state index in [1.165, 1.54) is 0 Å². The van der Waals surface area contributed by atoms with Crippen LogP contribution < -0.4 is 94.1 Å². The van der Waals surface area contributed by atoms with E-state index in [-0.39, 0.29) is 47.8 Å². The van der Waals surface area contributed by atoms with Crippen LogP contribution in [0.3, 0.4) is 0 Å². The minimum absolute atomic E-state index is 0. The third-order valence-electron chi connectivity index (χ3n) is 0. The zero-order chi connectivity index (χ0) is 10.7. The second-order valence-electron chi connectivity index (χ2n) is 0.567. The topological polar surface area (TPSA) is 271 Å². The number of hydrogen-bond acceptors (Lipinski definition) is 9. The van der Waals surface area contributed by atoms with Crippen LogP contribution in [0.4, 0.5) is 0 Å². The SMILES string of the molecule is O.O.[Lu+3].[O-][I+2]([O-])[O-].[O-][I+2]([O-])[O-].[O-][I+2]([O-])[O-]. The molecule has 0 saturated carbocycles. The fourth-order valence-electron chi connectivity index (χ4n) is 0. The van der Waals surface area contributed by atoms with Crippen molar-refractivity contribution in [3.63, 3.8) is 0 Å². The third-order valence-corrected chi connectivity index (χ3v) is 0. The Morgan fingerprint density at radius 1 is 0.400 bits per heavy atom. The van der Waals surface area contributed by atoms with E-state index in [1.54, 1.807) is 0 Å². The van der Waals surface area contributed by atoms with E-state index in [4.69, 9.17) is 30.9 Å². The van der Waals surface area contributed by atoms with Crippen LogP contribution in [0.2, 0.25) is 0 Å². The summed E-state index contributed by atoms with van der Waals surface area (Å²) in [7, 11) is 0. The normalized spacial score (nSPS) is 7.20. The first-order valence-electron chi connectivity index (χ1n) is 1.39. The van der Waals surface area contributed by atoms with Crippen molar-refractivity contribution in [1.29, 1.82) is 0 Å². The summed E-state index contributed by atoms with van der Waals surface area (Å²) in [6.45, 7) is 0. The molecule has 0 aromatic heterocycles. The van der Waals surface area contributed by atoms with Gasteiger partial charge in [0.05, 0.1) is 0 Å². The summed E-state index contributed by atoms with van der Waals surface area (Å²) >= 11 is -12.0. The first-order valence-corrected chi connectivity index (χ1v) is 9.32. The van der Waals surface area contributed by atoms with E-state index in [1.807, 2.05) is 0 Å². The molecule has 106 valence electrons. The molecule has 0 bridgehead atoms. The van der Waals surface area contributed by atoms with Crippen molar-refractivity contribution in [2.24, 2.45) is 0 Å². The molecule has 11 nitrogen and oxygen atoms in total. The Morgan fingerprint density at radius 3 is 0.400 bits per heavy atom. The maximum Gasteiger partial charge on any atom is 3.00 e. The molecule has 0 aliphatic rings. The van der Waals surface area contributed by atoms with Gasteiger partial charge in [-0.25, -0.2) is 0 Å². The van der Waals surface area contributed by atoms with Crippen molar-refractivity contribution in [3.8, 4) is 0 Å². The van der Waals surface area contributed by atoms with Gasteiger partial charge in [0.2, 0.25) is 0 Å². The standard InChI is InChI=1S/3IO3.Lu.2H2O/c3*2-1(3)4;;;/h;;;;2*1H2/q3*-1;+3;;. The van der Waals surface area contributed by atoms with Crippen molar-refractivity contribution in [3.05, 3.63) is 0 Å². The monoisotopic (exact) mass is 736 g/mol. The molecule has 0 unspecified atom stereocenters. The van der Waals surface area contributed by atoms with Gasteiger partial charge < -0.3 is 41.9 Å². The fraction of sp³-hybridized carbons (Fsp3) is 0. The van der Waals surface area contributed by atoms with Crippen LogP contribution in [0.5, 0.6) is 0 Å². The molecule has 0 amide bonds. The molecule has 0 atom stereocenters. The smallest absolute Gasteiger partial charge is 0.427 e. The van der Waals surface area contributed by atoms with Crippen LogP contribution in [-0.2, 0) is 0 Å². The van der Waals surface area contributed by atoms with Gasteiger partial charge >= 0.3 is 36.9 Å². The van der Waals surface area contributed by atoms with Crippen LogP contribution in [0.1, 0.15) is 0 Å². The van der Waals surface area contributed by atoms with Crippen molar-refractivity contribution < 1.29 is 142 Å². The van der Waals surface area contributed by atoms with E-state index < -0.39 is 63.2 Å². The molecule has 0 aliphatic carbocycles. The predicted molar refractivity (Wildman–Crippen MR) is 7.23 cm³/mol. The van der Waals surface area contributed by atoms with Crippen LogP contribution in [0.15, 0.2) is 0 Å². The first-order chi connectivity index (χ1) is 5.20. The molecular weight excluding hydrogens is 732 g/mol. The van der Waals surface area contributed by atoms with Gasteiger partial charge in [-0.05, 0) is 0 Å². The molecule has 0 spiro atoms. The molecule has 0 aromatic carbocycles. The second-order valence-corrected chi connectivity index (χ2v) is 3.80. The molecular formula is H4I3LuO11. The summed E-state index contributed by atoms with van der Waals surface area (Å²) in [4.78, 5) is 0. The molecule has 0 saturated heterocycles. The number of rotatable bonds is 0. The Labute approximate surface area is 139 Å². The zero-order valence-corrected chi connectivity index (χ0v) is 14.2. The molecule has 0 heterocycles. The molecule has 4 N–H and O–H groups in total. The van der Waals surface area contributed by atoms with Crippen molar-refractivity contribution >= 4 is 0 Å². The van der Waals surface area contributed by atoms with Crippen LogP contribution >= 0.6 is 0 Å². The third kappa shape index (κ3) is 428. The molecule has 15 heavy (non-hydrogen) atoms. The summed E-state index contributed by atoms with van der Waals surface area (Å²) in [5.41, 5.74) is 0. The first kappa shape index (κ1) is 36.1. The van der Waals surface area contributed by atoms with Crippen LogP contribution in [0, 0.1) is 36.9 Å². The average Bonchev–Trinajstić information content (AvgIpc) is 1.54. The maximum atomic E-state index is 8.57. The van der Waals surface area contributed by atoms with Gasteiger partial charge in [-0.3, -0.25) is 0 Å². The molecule has 0 aliphatic heterocycles. The van der Waals surface area contributed by atoms with Gasteiger partial charge in [0.15, 0.2) is 0 Å². The van der Waals surface area contributed by atoms with Crippen LogP contribution in [0.25, 0.3) is 0 Å². The Balaban J connectivity index is -0.0000000184. The van der Waals surface area contributed by atoms with Crippen LogP contribution in [-0.4, -0.2) is 11.0 Å². The molecule has 0 radical (unpaired) electrons. The fourth-order valence-corrected chi connectivity index (χ4v) is 0. The summed E-state index contributed by atoms with van der Waals surface area (Å²) < 4.78 is 77.2. The average molecular weight is 736 g/mol. The second kappa shape index (κ2) is 30.2. The molecule has 0 rings (SSSR count). The Bertz CT molecular complexity index is 44.3. The molecule has 15 heteroatoms. The molecule has 0 fully saturated rings. The van der Waals surface area contributed by atoms with Gasteiger partial charge in [0.1, 0.15) is 0 Å². The summed E-state index contributed by atoms with van der Waals surface area (Å²) in [6.07, 6.45) is 0. The van der Waals surface area contributed by atoms with Crippen molar-refractivity contribution in [2.75, 3.05) is 0 Å². The summed E-state index contributed by atoms with van der Waals surface area (Å²) in [5, 5.41) is 0. The Hall–Kier alpha value is 2.98. The van der Waals surface area contributed by atoms with E-state index >= 15 is 0 Å². The quantitative estimate of drug-likeness (QED) is 0.213. The predicted octanol–water partition coefficient (Wildman–Crippen LogP) is -21.3. The van der Waals surface area contributed by atoms with Crippen molar-refractivity contribution in [2.45, 2.75) is 0 Å². The van der Waals surface area contributed by atoms with Gasteiger partial charge in [-0.15, -0.1) is 0 Å². The number of halogens is 3. The van der Waals surface area contributed by atoms with Gasteiger partial charge in [-0.1, -0.05) is 0 Å². The van der Waals surface area contributed by atoms with Gasteiger partial charge in [-0.2, -0.15) is 0 Å². The van der Waals surface area contributed by atoms with Gasteiger partial charge in [0, 0.05) is 0 Å². The van der Waals surface area contributed by atoms with Gasteiger partial charge in [0.25, 0.3) is 63.2 Å². The zero-order valence-electron chi connectivity index (χ0n) is 6.07. The van der Waals surface area contributed by atoms with E-state index in [2.05, 4.69) is 0 Å². The number of hydrogen-bond donors (Lipinski definition) is 0. The van der Waals surface area contributed by atoms with E-state index in [9.17, 15) is 0 Å². The summed E-state index contributed by atoms with van der Waals surface area (Å²) in [5.74, 6) is 0. The maximum absolute atomic E-state index is 8.57. The minimum Gasteiger partial charge on any atom is -0.427 e. The van der Waals surface area contributed by atoms with Crippen molar-refractivity contribution in [1.82, 2.24) is 0 Å². The van der Waals surface area contributed by atoms with E-state index in [0.717, 1.165) is 0 Å². The molecule has 0 aromatic rings.